The Morgan fingerprint density at radius 1 is 1.28 bits per heavy atom. The molecule has 0 fully saturated rings. The zero-order chi connectivity index (χ0) is 20.7. The Bertz CT molecular complexity index is 1330. The first-order chi connectivity index (χ1) is 13.8. The number of fused-ring (bicyclic) bond motifs is 1. The molecular formula is C20H14ClFN4O3. The van der Waals surface area contributed by atoms with Gasteiger partial charge < -0.3 is 15.4 Å². The van der Waals surface area contributed by atoms with Crippen molar-refractivity contribution < 1.29 is 14.3 Å². The maximum atomic E-state index is 13.3. The topological polar surface area (TPSA) is 100 Å². The van der Waals surface area contributed by atoms with Gasteiger partial charge in [0, 0.05) is 5.69 Å². The minimum atomic E-state index is -0.864. The lowest BCUT2D eigenvalue weighted by atomic mass is 10.2. The van der Waals surface area contributed by atoms with Gasteiger partial charge in [-0.05, 0) is 42.8 Å². The Labute approximate surface area is 168 Å². The fraction of sp³-hybridized carbons (Fsp3) is 0.0500. The summed E-state index contributed by atoms with van der Waals surface area (Å²) in [5.41, 5.74) is 0.826. The number of nitrogens with zero attached hydrogens (tertiary/aromatic N) is 2. The summed E-state index contributed by atoms with van der Waals surface area (Å²) in [7, 11) is 0. The van der Waals surface area contributed by atoms with Crippen molar-refractivity contribution in [3.63, 3.8) is 0 Å². The van der Waals surface area contributed by atoms with Crippen LogP contribution in [0.25, 0.3) is 16.7 Å². The van der Waals surface area contributed by atoms with Gasteiger partial charge in [-0.1, -0.05) is 23.7 Å². The minimum absolute atomic E-state index is 0.177. The molecular weight excluding hydrogens is 399 g/mol. The van der Waals surface area contributed by atoms with Crippen molar-refractivity contribution in [2.24, 2.45) is 0 Å². The van der Waals surface area contributed by atoms with Crippen LogP contribution >= 0.6 is 11.6 Å². The smallest absolute Gasteiger partial charge is 0.266 e. The van der Waals surface area contributed by atoms with Crippen LogP contribution in [0.15, 0.2) is 53.5 Å². The molecule has 1 amide bonds. The summed E-state index contributed by atoms with van der Waals surface area (Å²) < 4.78 is 14.7. The van der Waals surface area contributed by atoms with E-state index in [0.29, 0.717) is 5.69 Å². The van der Waals surface area contributed by atoms with Gasteiger partial charge in [0.25, 0.3) is 11.5 Å². The number of pyridine rings is 1. The standard InChI is InChI=1S/C20H14ClFN4O3/c1-10-3-2-4-12(7-10)26-18-13(9-23-26)17(27)16(20(29)25-18)19(28)24-11-5-6-15(22)14(21)8-11/h2-9H,1H3,(H,24,28)(H2,25,27,29). The zero-order valence-corrected chi connectivity index (χ0v) is 15.8. The second kappa shape index (κ2) is 7.06. The number of nitrogens with one attached hydrogen (secondary N) is 2. The van der Waals surface area contributed by atoms with Gasteiger partial charge in [-0.15, -0.1) is 0 Å². The Balaban J connectivity index is 1.77. The molecule has 0 atom stereocenters. The number of anilines is 1. The monoisotopic (exact) mass is 412 g/mol. The number of H-pyrrole nitrogens is 1. The Kier molecular flexibility index (Phi) is 4.56. The van der Waals surface area contributed by atoms with Gasteiger partial charge in [-0.2, -0.15) is 5.10 Å². The highest BCUT2D eigenvalue weighted by atomic mass is 35.5. The van der Waals surface area contributed by atoms with Crippen molar-refractivity contribution in [1.29, 1.82) is 0 Å². The van der Waals surface area contributed by atoms with Crippen LogP contribution in [0.3, 0.4) is 0 Å². The van der Waals surface area contributed by atoms with E-state index in [0.717, 1.165) is 11.6 Å². The number of benzene rings is 2. The number of amides is 1. The average molecular weight is 413 g/mol. The molecule has 0 spiro atoms. The van der Waals surface area contributed by atoms with E-state index in [1.807, 2.05) is 25.1 Å². The molecule has 0 aliphatic rings. The molecule has 0 aliphatic heterocycles. The number of aromatic hydroxyl groups is 1. The van der Waals surface area contributed by atoms with Gasteiger partial charge in [0.15, 0.2) is 0 Å². The summed E-state index contributed by atoms with van der Waals surface area (Å²) in [4.78, 5) is 27.7. The van der Waals surface area contributed by atoms with E-state index in [2.05, 4.69) is 15.4 Å². The third-order valence-electron chi connectivity index (χ3n) is 4.37. The molecule has 4 rings (SSSR count). The number of aryl methyl sites for hydroxylation is 1. The SMILES string of the molecule is Cc1cccc(-n2ncc3c(O)c(C(=O)Nc4ccc(F)c(Cl)c4)c(=O)[nH]c32)c1. The maximum absolute atomic E-state index is 13.3. The van der Waals surface area contributed by atoms with Crippen molar-refractivity contribution in [3.8, 4) is 11.4 Å². The molecule has 0 saturated heterocycles. The zero-order valence-electron chi connectivity index (χ0n) is 15.0. The molecule has 0 bridgehead atoms. The van der Waals surface area contributed by atoms with Crippen LogP contribution in [-0.4, -0.2) is 25.8 Å². The van der Waals surface area contributed by atoms with E-state index in [-0.39, 0.29) is 21.7 Å². The number of carbonyl (C=O) groups is 1. The Morgan fingerprint density at radius 2 is 2.07 bits per heavy atom. The van der Waals surface area contributed by atoms with E-state index in [9.17, 15) is 19.1 Å². The molecule has 146 valence electrons. The van der Waals surface area contributed by atoms with Gasteiger partial charge in [0.1, 0.15) is 22.8 Å². The number of hydrogen-bond acceptors (Lipinski definition) is 4. The van der Waals surface area contributed by atoms with Gasteiger partial charge in [-0.25, -0.2) is 9.07 Å². The molecule has 2 aromatic carbocycles. The third-order valence-corrected chi connectivity index (χ3v) is 4.66. The average Bonchev–Trinajstić information content (AvgIpc) is 3.09. The molecule has 7 nitrogen and oxygen atoms in total. The lowest BCUT2D eigenvalue weighted by Gasteiger charge is -2.09. The Morgan fingerprint density at radius 3 is 2.79 bits per heavy atom. The molecule has 29 heavy (non-hydrogen) atoms. The van der Waals surface area contributed by atoms with E-state index < -0.39 is 28.6 Å². The second-order valence-corrected chi connectivity index (χ2v) is 6.83. The number of rotatable bonds is 3. The van der Waals surface area contributed by atoms with E-state index in [4.69, 9.17) is 11.6 Å². The highest BCUT2D eigenvalue weighted by Crippen LogP contribution is 2.27. The van der Waals surface area contributed by atoms with Crippen LogP contribution in [0.5, 0.6) is 5.75 Å². The molecule has 0 saturated carbocycles. The minimum Gasteiger partial charge on any atom is -0.506 e. The molecule has 3 N–H and O–H groups in total. The normalized spacial score (nSPS) is 11.0. The number of aromatic amines is 1. The first-order valence-corrected chi connectivity index (χ1v) is 8.89. The number of aromatic nitrogens is 3. The van der Waals surface area contributed by atoms with Gasteiger partial charge in [-0.3, -0.25) is 9.59 Å². The Hall–Kier alpha value is -3.65. The molecule has 0 unspecified atom stereocenters. The molecule has 0 radical (unpaired) electrons. The van der Waals surface area contributed by atoms with E-state index in [1.54, 1.807) is 6.07 Å². The van der Waals surface area contributed by atoms with Crippen LogP contribution in [0.4, 0.5) is 10.1 Å². The lowest BCUT2D eigenvalue weighted by molar-refractivity contribution is 0.102. The summed E-state index contributed by atoms with van der Waals surface area (Å²) >= 11 is 5.70. The van der Waals surface area contributed by atoms with Gasteiger partial charge >= 0.3 is 0 Å². The molecule has 2 aromatic heterocycles. The third kappa shape index (κ3) is 3.34. The number of hydrogen-bond donors (Lipinski definition) is 3. The summed E-state index contributed by atoms with van der Waals surface area (Å²) in [6, 6.07) is 11.0. The summed E-state index contributed by atoms with van der Waals surface area (Å²) in [5.74, 6) is -2.01. The second-order valence-electron chi connectivity index (χ2n) is 6.42. The first-order valence-electron chi connectivity index (χ1n) is 8.51. The predicted octanol–water partition coefficient (Wildman–Crippen LogP) is 3.77. The maximum Gasteiger partial charge on any atom is 0.266 e. The van der Waals surface area contributed by atoms with Crippen LogP contribution in [0.1, 0.15) is 15.9 Å². The van der Waals surface area contributed by atoms with Crippen molar-refractivity contribution in [1.82, 2.24) is 14.8 Å². The van der Waals surface area contributed by atoms with Gasteiger partial charge in [0.2, 0.25) is 0 Å². The van der Waals surface area contributed by atoms with Crippen LogP contribution in [0.2, 0.25) is 5.02 Å². The molecule has 4 aromatic rings. The highest BCUT2D eigenvalue weighted by molar-refractivity contribution is 6.31. The summed E-state index contributed by atoms with van der Waals surface area (Å²) in [5, 5.41) is 17.2. The van der Waals surface area contributed by atoms with Crippen LogP contribution < -0.4 is 10.9 Å². The lowest BCUT2D eigenvalue weighted by Crippen LogP contribution is -2.23. The largest absolute Gasteiger partial charge is 0.506 e. The predicted molar refractivity (Wildman–Crippen MR) is 107 cm³/mol. The molecule has 2 heterocycles. The van der Waals surface area contributed by atoms with Crippen LogP contribution in [-0.2, 0) is 0 Å². The van der Waals surface area contributed by atoms with Crippen LogP contribution in [0, 0.1) is 12.7 Å². The van der Waals surface area contributed by atoms with Gasteiger partial charge in [0.05, 0.1) is 22.3 Å². The van der Waals surface area contributed by atoms with E-state index >= 15 is 0 Å². The fourth-order valence-electron chi connectivity index (χ4n) is 2.99. The van der Waals surface area contributed by atoms with Crippen molar-refractivity contribution in [3.05, 3.63) is 81.0 Å². The van der Waals surface area contributed by atoms with Crippen molar-refractivity contribution in [2.75, 3.05) is 5.32 Å². The number of halogens is 2. The summed E-state index contributed by atoms with van der Waals surface area (Å²) in [6.45, 7) is 1.92. The highest BCUT2D eigenvalue weighted by Gasteiger charge is 2.22. The molecule has 9 heteroatoms. The van der Waals surface area contributed by atoms with E-state index in [1.165, 1.54) is 23.0 Å². The fourth-order valence-corrected chi connectivity index (χ4v) is 3.17. The summed E-state index contributed by atoms with van der Waals surface area (Å²) in [6.07, 6.45) is 1.36. The number of carbonyl (C=O) groups excluding carboxylic acids is 1. The van der Waals surface area contributed by atoms with Crippen molar-refractivity contribution >= 4 is 34.2 Å². The molecule has 0 aliphatic carbocycles. The first kappa shape index (κ1) is 18.7. The van der Waals surface area contributed by atoms with Crippen molar-refractivity contribution in [2.45, 2.75) is 6.92 Å². The quantitative estimate of drug-likeness (QED) is 0.477.